The van der Waals surface area contributed by atoms with E-state index in [1.807, 2.05) is 61.5 Å². The number of hydrogen-bond acceptors (Lipinski definition) is 6. The second kappa shape index (κ2) is 10.0. The Morgan fingerprint density at radius 1 is 0.897 bits per heavy atom. The van der Waals surface area contributed by atoms with Gasteiger partial charge in [-0.15, -0.1) is 0 Å². The highest BCUT2D eigenvalue weighted by molar-refractivity contribution is 7.90. The minimum atomic E-state index is -3.98. The van der Waals surface area contributed by atoms with Crippen LogP contribution in [0.2, 0.25) is 0 Å². The highest BCUT2D eigenvalue weighted by Gasteiger charge is 2.26. The lowest BCUT2D eigenvalue weighted by molar-refractivity contribution is 0.122. The fraction of sp³-hybridized carbons (Fsp3) is 0.161. The molecule has 6 rings (SSSR count). The van der Waals surface area contributed by atoms with Gasteiger partial charge in [0.2, 0.25) is 0 Å². The van der Waals surface area contributed by atoms with Gasteiger partial charge in [-0.05, 0) is 71.6 Å². The Labute approximate surface area is 227 Å². The average molecular weight is 535 g/mol. The third kappa shape index (κ3) is 4.46. The molecular weight excluding hydrogens is 508 g/mol. The number of nitrogens with zero attached hydrogens (tertiary/aromatic N) is 4. The first-order chi connectivity index (χ1) is 19.0. The molecule has 39 heavy (non-hydrogen) atoms. The molecule has 5 aromatic rings. The van der Waals surface area contributed by atoms with Crippen LogP contribution in [0.1, 0.15) is 11.1 Å². The van der Waals surface area contributed by atoms with Gasteiger partial charge in [-0.1, -0.05) is 42.5 Å². The molecule has 0 N–H and O–H groups in total. The van der Waals surface area contributed by atoms with Crippen LogP contribution >= 0.6 is 0 Å². The van der Waals surface area contributed by atoms with Crippen LogP contribution in [-0.4, -0.2) is 43.7 Å². The van der Waals surface area contributed by atoms with Gasteiger partial charge in [-0.3, -0.25) is 0 Å². The Balaban J connectivity index is 1.57. The number of fused-ring (bicyclic) bond motifs is 1. The molecule has 1 aliphatic rings. The lowest BCUT2D eigenvalue weighted by Gasteiger charge is -2.28. The molecule has 7 nitrogen and oxygen atoms in total. The lowest BCUT2D eigenvalue weighted by Crippen LogP contribution is -2.36. The summed E-state index contributed by atoms with van der Waals surface area (Å²) in [6.45, 7) is 4.90. The second-order valence-corrected chi connectivity index (χ2v) is 11.3. The van der Waals surface area contributed by atoms with Crippen LogP contribution in [0.25, 0.3) is 33.4 Å². The number of ether oxygens (including phenoxy) is 1. The molecule has 0 unspecified atom stereocenters. The first kappa shape index (κ1) is 24.9. The summed E-state index contributed by atoms with van der Waals surface area (Å²) in [5.74, 6) is 0. The maximum Gasteiger partial charge on any atom is 0.269 e. The molecule has 1 aliphatic heterocycles. The number of benzene rings is 3. The highest BCUT2D eigenvalue weighted by atomic mass is 32.2. The molecular formula is C31H26N4O3S. The standard InChI is InChI=1S/C31H26N4O3S/c1-22-7-8-24(19-25(22)21-32)28-13-14-33-31-29(28)20-30(35(31)39(36,37)27-5-3-2-4-6-27)23-9-11-26(12-10-23)34-15-17-38-18-16-34/h2-14,19-20H,15-18H2,1H3. The molecule has 3 aromatic carbocycles. The molecule has 0 spiro atoms. The third-order valence-electron chi connectivity index (χ3n) is 7.15. The van der Waals surface area contributed by atoms with Gasteiger partial charge < -0.3 is 9.64 Å². The molecule has 3 heterocycles. The van der Waals surface area contributed by atoms with E-state index in [2.05, 4.69) is 16.0 Å². The summed E-state index contributed by atoms with van der Waals surface area (Å²) in [6.07, 6.45) is 1.62. The molecule has 1 saturated heterocycles. The van der Waals surface area contributed by atoms with Gasteiger partial charge >= 0.3 is 0 Å². The van der Waals surface area contributed by atoms with E-state index in [0.717, 1.165) is 41.0 Å². The van der Waals surface area contributed by atoms with Crippen LogP contribution in [0.15, 0.2) is 96.0 Å². The maximum atomic E-state index is 14.1. The minimum absolute atomic E-state index is 0.183. The number of aromatic nitrogens is 2. The van der Waals surface area contributed by atoms with E-state index >= 15 is 0 Å². The van der Waals surface area contributed by atoms with Crippen molar-refractivity contribution in [2.75, 3.05) is 31.2 Å². The van der Waals surface area contributed by atoms with Crippen LogP contribution in [-0.2, 0) is 14.8 Å². The SMILES string of the molecule is Cc1ccc(-c2ccnc3c2cc(-c2ccc(N4CCOCC4)cc2)n3S(=O)(=O)c2ccccc2)cc1C#N. The summed E-state index contributed by atoms with van der Waals surface area (Å²) < 4.78 is 34.9. The van der Waals surface area contributed by atoms with Gasteiger partial charge in [0.25, 0.3) is 10.0 Å². The predicted octanol–water partition coefficient (Wildman–Crippen LogP) is 5.62. The molecule has 1 fully saturated rings. The van der Waals surface area contributed by atoms with Crippen molar-refractivity contribution in [3.8, 4) is 28.5 Å². The first-order valence-corrected chi connectivity index (χ1v) is 14.2. The van der Waals surface area contributed by atoms with Crippen molar-refractivity contribution in [3.63, 3.8) is 0 Å². The zero-order valence-corrected chi connectivity index (χ0v) is 22.2. The summed E-state index contributed by atoms with van der Waals surface area (Å²) >= 11 is 0. The summed E-state index contributed by atoms with van der Waals surface area (Å²) in [5, 5.41) is 10.3. The van der Waals surface area contributed by atoms with E-state index < -0.39 is 10.0 Å². The molecule has 0 atom stereocenters. The van der Waals surface area contributed by atoms with Gasteiger partial charge in [0, 0.05) is 30.4 Å². The number of anilines is 1. The van der Waals surface area contributed by atoms with Crippen LogP contribution in [0.4, 0.5) is 5.69 Å². The van der Waals surface area contributed by atoms with Crippen molar-refractivity contribution >= 4 is 26.7 Å². The van der Waals surface area contributed by atoms with Crippen LogP contribution in [0.5, 0.6) is 0 Å². The number of morpholine rings is 1. The van der Waals surface area contributed by atoms with Crippen molar-refractivity contribution in [2.24, 2.45) is 0 Å². The van der Waals surface area contributed by atoms with Gasteiger partial charge in [0.1, 0.15) is 0 Å². The summed E-state index contributed by atoms with van der Waals surface area (Å²) in [4.78, 5) is 6.99. The van der Waals surface area contributed by atoms with Crippen molar-refractivity contribution in [1.29, 1.82) is 5.26 Å². The fourth-order valence-corrected chi connectivity index (χ4v) is 6.55. The van der Waals surface area contributed by atoms with Crippen LogP contribution in [0, 0.1) is 18.3 Å². The average Bonchev–Trinajstić information content (AvgIpc) is 3.39. The lowest BCUT2D eigenvalue weighted by atomic mass is 9.99. The van der Waals surface area contributed by atoms with E-state index in [1.54, 1.807) is 36.5 Å². The van der Waals surface area contributed by atoms with Gasteiger partial charge in [0.15, 0.2) is 5.65 Å². The summed E-state index contributed by atoms with van der Waals surface area (Å²) in [7, 11) is -3.98. The zero-order valence-electron chi connectivity index (χ0n) is 21.4. The molecule has 0 bridgehead atoms. The highest BCUT2D eigenvalue weighted by Crippen LogP contribution is 2.37. The summed E-state index contributed by atoms with van der Waals surface area (Å²) in [5.41, 5.74) is 5.79. The second-order valence-electron chi connectivity index (χ2n) is 9.50. The predicted molar refractivity (Wildman–Crippen MR) is 152 cm³/mol. The quantitative estimate of drug-likeness (QED) is 0.291. The molecule has 8 heteroatoms. The Morgan fingerprint density at radius 2 is 1.62 bits per heavy atom. The molecule has 2 aromatic heterocycles. The molecule has 194 valence electrons. The Bertz CT molecular complexity index is 1820. The normalized spacial score (nSPS) is 13.9. The largest absolute Gasteiger partial charge is 0.378 e. The van der Waals surface area contributed by atoms with Gasteiger partial charge in [-0.2, -0.15) is 5.26 Å². The van der Waals surface area contributed by atoms with Crippen LogP contribution in [0.3, 0.4) is 0 Å². The minimum Gasteiger partial charge on any atom is -0.378 e. The van der Waals surface area contributed by atoms with E-state index in [-0.39, 0.29) is 4.90 Å². The van der Waals surface area contributed by atoms with Crippen LogP contribution < -0.4 is 4.90 Å². The Morgan fingerprint density at radius 3 is 2.33 bits per heavy atom. The number of aryl methyl sites for hydroxylation is 1. The van der Waals surface area contributed by atoms with E-state index in [4.69, 9.17) is 4.74 Å². The third-order valence-corrected chi connectivity index (χ3v) is 8.87. The fourth-order valence-electron chi connectivity index (χ4n) is 5.04. The monoisotopic (exact) mass is 534 g/mol. The first-order valence-electron chi connectivity index (χ1n) is 12.7. The van der Waals surface area contributed by atoms with E-state index in [0.29, 0.717) is 35.5 Å². The number of rotatable bonds is 5. The maximum absolute atomic E-state index is 14.1. The molecule has 0 radical (unpaired) electrons. The Kier molecular flexibility index (Phi) is 6.39. The van der Waals surface area contributed by atoms with Gasteiger partial charge in [-0.25, -0.2) is 17.4 Å². The van der Waals surface area contributed by atoms with Crippen molar-refractivity contribution in [3.05, 3.63) is 102 Å². The van der Waals surface area contributed by atoms with Crippen molar-refractivity contribution in [2.45, 2.75) is 11.8 Å². The van der Waals surface area contributed by atoms with Gasteiger partial charge in [0.05, 0.1) is 35.4 Å². The Hall–Kier alpha value is -4.45. The topological polar surface area (TPSA) is 88.2 Å². The van der Waals surface area contributed by atoms with E-state index in [9.17, 15) is 13.7 Å². The smallest absolute Gasteiger partial charge is 0.269 e. The van der Waals surface area contributed by atoms with E-state index in [1.165, 1.54) is 3.97 Å². The molecule has 0 aliphatic carbocycles. The molecule has 0 amide bonds. The number of hydrogen-bond donors (Lipinski definition) is 0. The number of pyridine rings is 1. The molecule has 0 saturated carbocycles. The number of nitriles is 1. The van der Waals surface area contributed by atoms with Crippen molar-refractivity contribution in [1.82, 2.24) is 8.96 Å². The summed E-state index contributed by atoms with van der Waals surface area (Å²) in [6, 6.07) is 28.0. The van der Waals surface area contributed by atoms with Crippen molar-refractivity contribution < 1.29 is 13.2 Å². The zero-order chi connectivity index (χ0) is 27.0.